The van der Waals surface area contributed by atoms with Gasteiger partial charge in [0.2, 0.25) is 0 Å². The predicted octanol–water partition coefficient (Wildman–Crippen LogP) is 7.10. The van der Waals surface area contributed by atoms with Crippen LogP contribution in [0.5, 0.6) is 0 Å². The lowest BCUT2D eigenvalue weighted by Crippen LogP contribution is -2.13. The maximum absolute atomic E-state index is 13.4. The minimum Gasteiger partial charge on any atom is -0.207 e. The summed E-state index contributed by atoms with van der Waals surface area (Å²) in [6, 6.07) is 11.9. The molecule has 3 rings (SSSR count). The maximum Gasteiger partial charge on any atom is 0.126 e. The molecule has 0 aromatic heterocycles. The average molecular weight is 328 g/mol. The average Bonchev–Trinajstić information content (AvgIpc) is 2.60. The fourth-order valence-corrected chi connectivity index (χ4v) is 3.95. The molecular weight excluding hydrogens is 302 g/mol. The van der Waals surface area contributed by atoms with Gasteiger partial charge >= 0.3 is 0 Å². The van der Waals surface area contributed by atoms with Crippen LogP contribution >= 0.6 is 0 Å². The second-order valence-electron chi connectivity index (χ2n) is 7.14. The van der Waals surface area contributed by atoms with Gasteiger partial charge in [-0.25, -0.2) is 8.78 Å². The number of benzene rings is 2. The number of hydrogen-bond acceptors (Lipinski definition) is 0. The summed E-state index contributed by atoms with van der Waals surface area (Å²) in [5.74, 6) is 0.496. The van der Waals surface area contributed by atoms with E-state index in [-0.39, 0.29) is 0 Å². The molecule has 0 aliphatic heterocycles. The van der Waals surface area contributed by atoms with Crippen molar-refractivity contribution in [3.8, 4) is 11.1 Å². The highest BCUT2D eigenvalue weighted by molar-refractivity contribution is 5.63. The summed E-state index contributed by atoms with van der Waals surface area (Å²) < 4.78 is 26.7. The van der Waals surface area contributed by atoms with E-state index in [2.05, 4.69) is 19.1 Å². The van der Waals surface area contributed by atoms with Crippen molar-refractivity contribution in [1.82, 2.24) is 0 Å². The third-order valence-corrected chi connectivity index (χ3v) is 5.39. The summed E-state index contributed by atoms with van der Waals surface area (Å²) >= 11 is 0. The topological polar surface area (TPSA) is 0 Å². The van der Waals surface area contributed by atoms with Crippen molar-refractivity contribution >= 4 is 0 Å². The quantitative estimate of drug-likeness (QED) is 0.549. The molecule has 2 aromatic rings. The molecule has 1 aliphatic rings. The van der Waals surface area contributed by atoms with Gasteiger partial charge in [-0.05, 0) is 66.3 Å². The van der Waals surface area contributed by atoms with Crippen LogP contribution < -0.4 is 0 Å². The monoisotopic (exact) mass is 328 g/mol. The van der Waals surface area contributed by atoms with Gasteiger partial charge in [-0.15, -0.1) is 0 Å². The molecule has 0 heterocycles. The lowest BCUT2D eigenvalue weighted by atomic mass is 9.77. The van der Waals surface area contributed by atoms with Crippen LogP contribution in [0.1, 0.15) is 63.4 Å². The van der Waals surface area contributed by atoms with Crippen LogP contribution in [0.4, 0.5) is 8.78 Å². The fraction of sp³-hybridized carbons (Fsp3) is 0.455. The molecule has 0 bridgehead atoms. The molecule has 128 valence electrons. The highest BCUT2D eigenvalue weighted by atomic mass is 19.1. The van der Waals surface area contributed by atoms with E-state index in [0.29, 0.717) is 11.5 Å². The molecule has 2 aromatic carbocycles. The number of rotatable bonds is 5. The van der Waals surface area contributed by atoms with Gasteiger partial charge in [0.15, 0.2) is 0 Å². The molecule has 2 heteroatoms. The Labute approximate surface area is 143 Å². The molecule has 0 spiro atoms. The van der Waals surface area contributed by atoms with E-state index < -0.39 is 11.6 Å². The number of hydrogen-bond donors (Lipinski definition) is 0. The second kappa shape index (κ2) is 7.92. The van der Waals surface area contributed by atoms with Gasteiger partial charge in [0.05, 0.1) is 0 Å². The number of unbranched alkanes of at least 4 members (excludes halogenated alkanes) is 1. The first-order valence-corrected chi connectivity index (χ1v) is 9.22. The summed E-state index contributed by atoms with van der Waals surface area (Å²) in [5, 5.41) is 0. The van der Waals surface area contributed by atoms with Gasteiger partial charge in [-0.1, -0.05) is 50.5 Å². The molecule has 0 atom stereocenters. The summed E-state index contributed by atoms with van der Waals surface area (Å²) in [4.78, 5) is 0. The Hall–Kier alpha value is -1.70. The van der Waals surface area contributed by atoms with Crippen molar-refractivity contribution in [2.24, 2.45) is 5.92 Å². The van der Waals surface area contributed by atoms with E-state index >= 15 is 0 Å². The van der Waals surface area contributed by atoms with Crippen molar-refractivity contribution < 1.29 is 8.78 Å². The van der Waals surface area contributed by atoms with Gasteiger partial charge in [-0.2, -0.15) is 0 Å². The normalized spacial score (nSPS) is 21.0. The van der Waals surface area contributed by atoms with Crippen molar-refractivity contribution in [3.63, 3.8) is 0 Å². The van der Waals surface area contributed by atoms with Gasteiger partial charge < -0.3 is 0 Å². The van der Waals surface area contributed by atoms with E-state index in [1.165, 1.54) is 62.6 Å². The van der Waals surface area contributed by atoms with Crippen LogP contribution in [0.25, 0.3) is 11.1 Å². The van der Waals surface area contributed by atoms with E-state index in [4.69, 9.17) is 0 Å². The first kappa shape index (κ1) is 17.1. The van der Waals surface area contributed by atoms with Crippen molar-refractivity contribution in [3.05, 3.63) is 59.7 Å². The largest absolute Gasteiger partial charge is 0.207 e. The van der Waals surface area contributed by atoms with Crippen LogP contribution in [-0.4, -0.2) is 0 Å². The van der Waals surface area contributed by atoms with Crippen LogP contribution in [0, 0.1) is 17.6 Å². The van der Waals surface area contributed by atoms with Gasteiger partial charge in [0.25, 0.3) is 0 Å². The molecule has 0 saturated heterocycles. The molecule has 1 fully saturated rings. The molecule has 24 heavy (non-hydrogen) atoms. The maximum atomic E-state index is 13.4. The highest BCUT2D eigenvalue weighted by Gasteiger charge is 2.21. The molecule has 0 amide bonds. The smallest absolute Gasteiger partial charge is 0.126 e. The Balaban J connectivity index is 1.65. The minimum absolute atomic E-state index is 0.528. The van der Waals surface area contributed by atoms with Crippen molar-refractivity contribution in [1.29, 1.82) is 0 Å². The Morgan fingerprint density at radius 3 is 2.04 bits per heavy atom. The molecular formula is C22H26F2. The summed E-state index contributed by atoms with van der Waals surface area (Å²) in [5.41, 5.74) is 2.83. The van der Waals surface area contributed by atoms with E-state index in [1.54, 1.807) is 0 Å². The summed E-state index contributed by atoms with van der Waals surface area (Å²) in [7, 11) is 0. The zero-order valence-electron chi connectivity index (χ0n) is 14.4. The summed E-state index contributed by atoms with van der Waals surface area (Å²) in [6.45, 7) is 2.26. The molecule has 1 aliphatic carbocycles. The molecule has 0 unspecified atom stereocenters. The minimum atomic E-state index is -0.528. The predicted molar refractivity (Wildman–Crippen MR) is 96.0 cm³/mol. The van der Waals surface area contributed by atoms with Crippen molar-refractivity contribution in [2.75, 3.05) is 0 Å². The summed E-state index contributed by atoms with van der Waals surface area (Å²) in [6.07, 6.45) is 9.23. The van der Waals surface area contributed by atoms with Crippen LogP contribution in [-0.2, 0) is 0 Å². The molecule has 0 N–H and O–H groups in total. The molecule has 0 radical (unpaired) electrons. The van der Waals surface area contributed by atoms with E-state index in [1.807, 2.05) is 12.1 Å². The Kier molecular flexibility index (Phi) is 5.65. The second-order valence-corrected chi connectivity index (χ2v) is 7.14. The van der Waals surface area contributed by atoms with Crippen LogP contribution in [0.2, 0.25) is 0 Å². The third-order valence-electron chi connectivity index (χ3n) is 5.39. The lowest BCUT2D eigenvalue weighted by Gasteiger charge is -2.29. The van der Waals surface area contributed by atoms with Gasteiger partial charge in [-0.3, -0.25) is 0 Å². The van der Waals surface area contributed by atoms with Gasteiger partial charge in [0.1, 0.15) is 11.6 Å². The molecule has 1 saturated carbocycles. The highest BCUT2D eigenvalue weighted by Crippen LogP contribution is 2.38. The standard InChI is InChI=1S/C22H26F2/c1-2-3-4-16-5-7-17(8-6-16)18-9-11-19(12-10-18)20-13-21(23)15-22(24)14-20/h9-17H,2-8H2,1H3/t16-,17-. The van der Waals surface area contributed by atoms with Gasteiger partial charge in [0, 0.05) is 6.07 Å². The first-order valence-electron chi connectivity index (χ1n) is 9.22. The number of halogens is 2. The third kappa shape index (κ3) is 4.23. The Morgan fingerprint density at radius 1 is 0.833 bits per heavy atom. The SMILES string of the molecule is CCCC[C@H]1CC[C@H](c2ccc(-c3cc(F)cc(F)c3)cc2)CC1. The zero-order valence-corrected chi connectivity index (χ0v) is 14.4. The lowest BCUT2D eigenvalue weighted by molar-refractivity contribution is 0.304. The Morgan fingerprint density at radius 2 is 1.46 bits per heavy atom. The van der Waals surface area contributed by atoms with Crippen LogP contribution in [0.3, 0.4) is 0 Å². The molecule has 0 nitrogen and oxygen atoms in total. The van der Waals surface area contributed by atoms with E-state index in [0.717, 1.165) is 17.5 Å². The fourth-order valence-electron chi connectivity index (χ4n) is 3.95. The zero-order chi connectivity index (χ0) is 16.9. The van der Waals surface area contributed by atoms with E-state index in [9.17, 15) is 8.78 Å². The van der Waals surface area contributed by atoms with Crippen LogP contribution in [0.15, 0.2) is 42.5 Å². The first-order chi connectivity index (χ1) is 11.7. The van der Waals surface area contributed by atoms with Crippen molar-refractivity contribution in [2.45, 2.75) is 57.8 Å². The Bertz CT molecular complexity index is 632.